The van der Waals surface area contributed by atoms with Crippen LogP contribution in [-0.2, 0) is 4.79 Å². The van der Waals surface area contributed by atoms with E-state index in [2.05, 4.69) is 5.32 Å². The first-order chi connectivity index (χ1) is 10.5. The number of benzene rings is 2. The number of nitrogens with one attached hydrogen (secondary N) is 1. The molecule has 0 radical (unpaired) electrons. The Kier molecular flexibility index (Phi) is 3.63. The van der Waals surface area contributed by atoms with Gasteiger partial charge in [-0.25, -0.2) is 4.39 Å². The second kappa shape index (κ2) is 5.60. The minimum absolute atomic E-state index is 0.0683. The van der Waals surface area contributed by atoms with Crippen molar-refractivity contribution >= 4 is 11.8 Å². The summed E-state index contributed by atoms with van der Waals surface area (Å²) in [5, 5.41) is 2.81. The first-order valence-electron chi connectivity index (χ1n) is 7.01. The van der Waals surface area contributed by atoms with Gasteiger partial charge in [-0.15, -0.1) is 0 Å². The lowest BCUT2D eigenvalue weighted by Crippen LogP contribution is -2.13. The molecular weight excluding hydrogens is 283 g/mol. The van der Waals surface area contributed by atoms with E-state index in [0.717, 1.165) is 16.7 Å². The zero-order valence-electron chi connectivity index (χ0n) is 11.8. The Labute approximate surface area is 127 Å². The Morgan fingerprint density at radius 3 is 2.41 bits per heavy atom. The fraction of sp³-hybridized carbons (Fsp3) is 0.176. The molecule has 1 aliphatic rings. The zero-order valence-corrected chi connectivity index (χ0v) is 11.8. The minimum Gasteiger partial charge on any atom is -0.366 e. The number of primary amides is 1. The second-order valence-electron chi connectivity index (χ2n) is 5.39. The maximum atomic E-state index is 13.5. The second-order valence-corrected chi connectivity index (χ2v) is 5.39. The Hall–Kier alpha value is -2.69. The van der Waals surface area contributed by atoms with Gasteiger partial charge in [0.05, 0.1) is 5.56 Å². The number of hydrogen-bond acceptors (Lipinski definition) is 2. The van der Waals surface area contributed by atoms with Crippen LogP contribution in [0.3, 0.4) is 0 Å². The summed E-state index contributed by atoms with van der Waals surface area (Å²) in [6.45, 7) is 0.653. The lowest BCUT2D eigenvalue weighted by Gasteiger charge is -2.09. The Morgan fingerprint density at radius 1 is 1.14 bits per heavy atom. The average molecular weight is 298 g/mol. The Morgan fingerprint density at radius 2 is 1.82 bits per heavy atom. The molecule has 0 spiro atoms. The summed E-state index contributed by atoms with van der Waals surface area (Å²) < 4.78 is 13.5. The van der Waals surface area contributed by atoms with Crippen molar-refractivity contribution in [2.24, 2.45) is 5.73 Å². The van der Waals surface area contributed by atoms with Crippen molar-refractivity contribution in [1.29, 1.82) is 0 Å². The summed E-state index contributed by atoms with van der Waals surface area (Å²) >= 11 is 0. The molecule has 2 aromatic carbocycles. The predicted molar refractivity (Wildman–Crippen MR) is 80.7 cm³/mol. The van der Waals surface area contributed by atoms with Crippen molar-refractivity contribution in [1.82, 2.24) is 5.32 Å². The molecule has 1 atom stereocenters. The third kappa shape index (κ3) is 2.70. The number of halogens is 1. The summed E-state index contributed by atoms with van der Waals surface area (Å²) in [7, 11) is 0. The summed E-state index contributed by atoms with van der Waals surface area (Å²) in [6.07, 6.45) is 0.502. The van der Waals surface area contributed by atoms with Gasteiger partial charge in [0, 0.05) is 18.9 Å². The number of rotatable bonds is 3. The van der Waals surface area contributed by atoms with Crippen molar-refractivity contribution in [2.75, 3.05) is 6.54 Å². The van der Waals surface area contributed by atoms with Crippen LogP contribution in [0.15, 0.2) is 42.5 Å². The third-order valence-corrected chi connectivity index (χ3v) is 3.92. The molecule has 112 valence electrons. The van der Waals surface area contributed by atoms with Crippen LogP contribution >= 0.6 is 0 Å². The van der Waals surface area contributed by atoms with Gasteiger partial charge in [0.25, 0.3) is 5.91 Å². The molecule has 1 saturated heterocycles. The van der Waals surface area contributed by atoms with Crippen molar-refractivity contribution in [3.8, 4) is 11.1 Å². The normalized spacial score (nSPS) is 17.3. The van der Waals surface area contributed by atoms with E-state index in [0.29, 0.717) is 13.0 Å². The maximum absolute atomic E-state index is 13.5. The van der Waals surface area contributed by atoms with E-state index in [1.807, 2.05) is 24.3 Å². The quantitative estimate of drug-likeness (QED) is 0.911. The standard InChI is InChI=1S/C17H15FN2O2/c18-15-6-5-12(7-14(15)17(19)22)10-1-3-11(4-2-10)13-8-16(21)20-9-13/h1-7,13H,8-9H2,(H2,19,22)(H,20,21). The van der Waals surface area contributed by atoms with Crippen LogP contribution in [-0.4, -0.2) is 18.4 Å². The van der Waals surface area contributed by atoms with Crippen molar-refractivity contribution in [3.63, 3.8) is 0 Å². The Bertz CT molecular complexity index is 741. The van der Waals surface area contributed by atoms with Gasteiger partial charge < -0.3 is 11.1 Å². The highest BCUT2D eigenvalue weighted by molar-refractivity contribution is 5.94. The number of nitrogens with two attached hydrogens (primary N) is 1. The molecule has 1 aliphatic heterocycles. The predicted octanol–water partition coefficient (Wildman–Crippen LogP) is 2.20. The van der Waals surface area contributed by atoms with Crippen LogP contribution in [0.5, 0.6) is 0 Å². The third-order valence-electron chi connectivity index (χ3n) is 3.92. The molecule has 4 nitrogen and oxygen atoms in total. The van der Waals surface area contributed by atoms with Crippen LogP contribution in [0.4, 0.5) is 4.39 Å². The number of hydrogen-bond donors (Lipinski definition) is 2. The number of amides is 2. The Balaban J connectivity index is 1.88. The lowest BCUT2D eigenvalue weighted by molar-refractivity contribution is -0.119. The first-order valence-corrected chi connectivity index (χ1v) is 7.01. The molecule has 22 heavy (non-hydrogen) atoms. The van der Waals surface area contributed by atoms with Gasteiger partial charge in [-0.1, -0.05) is 30.3 Å². The summed E-state index contributed by atoms with van der Waals surface area (Å²) in [6, 6.07) is 12.0. The first kappa shape index (κ1) is 14.3. The lowest BCUT2D eigenvalue weighted by atomic mass is 9.95. The van der Waals surface area contributed by atoms with Gasteiger partial charge in [-0.05, 0) is 28.8 Å². The molecule has 3 rings (SSSR count). The SMILES string of the molecule is NC(=O)c1cc(-c2ccc(C3CNC(=O)C3)cc2)ccc1F. The molecule has 3 N–H and O–H groups in total. The maximum Gasteiger partial charge on any atom is 0.251 e. The summed E-state index contributed by atoms with van der Waals surface area (Å²) in [5.41, 5.74) is 7.72. The molecule has 1 unspecified atom stereocenters. The molecule has 2 aromatic rings. The largest absolute Gasteiger partial charge is 0.366 e. The molecular formula is C17H15FN2O2. The van der Waals surface area contributed by atoms with Gasteiger partial charge in [0.1, 0.15) is 5.82 Å². The topological polar surface area (TPSA) is 72.2 Å². The summed E-state index contributed by atoms with van der Waals surface area (Å²) in [5.74, 6) is -1.15. The van der Waals surface area contributed by atoms with Gasteiger partial charge >= 0.3 is 0 Å². The van der Waals surface area contributed by atoms with Gasteiger partial charge in [0.15, 0.2) is 0 Å². The van der Waals surface area contributed by atoms with E-state index >= 15 is 0 Å². The van der Waals surface area contributed by atoms with E-state index < -0.39 is 11.7 Å². The van der Waals surface area contributed by atoms with Crippen LogP contribution in [0, 0.1) is 5.82 Å². The van der Waals surface area contributed by atoms with Crippen molar-refractivity contribution in [3.05, 3.63) is 59.4 Å². The molecule has 1 heterocycles. The van der Waals surface area contributed by atoms with Crippen molar-refractivity contribution < 1.29 is 14.0 Å². The van der Waals surface area contributed by atoms with Crippen molar-refractivity contribution in [2.45, 2.75) is 12.3 Å². The van der Waals surface area contributed by atoms with E-state index in [-0.39, 0.29) is 17.4 Å². The number of carbonyl (C=O) groups is 2. The molecule has 2 amide bonds. The van der Waals surface area contributed by atoms with Gasteiger partial charge in [-0.3, -0.25) is 9.59 Å². The molecule has 0 bridgehead atoms. The van der Waals surface area contributed by atoms with E-state index in [1.54, 1.807) is 6.07 Å². The van der Waals surface area contributed by atoms with Crippen LogP contribution in [0.25, 0.3) is 11.1 Å². The molecule has 0 saturated carbocycles. The fourth-order valence-electron chi connectivity index (χ4n) is 2.68. The highest BCUT2D eigenvalue weighted by atomic mass is 19.1. The monoisotopic (exact) mass is 298 g/mol. The smallest absolute Gasteiger partial charge is 0.251 e. The summed E-state index contributed by atoms with van der Waals surface area (Å²) in [4.78, 5) is 22.5. The number of carbonyl (C=O) groups excluding carboxylic acids is 2. The fourth-order valence-corrected chi connectivity index (χ4v) is 2.68. The average Bonchev–Trinajstić information content (AvgIpc) is 2.94. The van der Waals surface area contributed by atoms with Crippen LogP contribution in [0.1, 0.15) is 28.3 Å². The van der Waals surface area contributed by atoms with E-state index in [1.165, 1.54) is 12.1 Å². The molecule has 0 aromatic heterocycles. The molecule has 0 aliphatic carbocycles. The van der Waals surface area contributed by atoms with Crippen LogP contribution < -0.4 is 11.1 Å². The molecule has 1 fully saturated rings. The zero-order chi connectivity index (χ0) is 15.7. The van der Waals surface area contributed by atoms with E-state index in [4.69, 9.17) is 5.73 Å². The highest BCUT2D eigenvalue weighted by Gasteiger charge is 2.22. The highest BCUT2D eigenvalue weighted by Crippen LogP contribution is 2.27. The van der Waals surface area contributed by atoms with Gasteiger partial charge in [0.2, 0.25) is 5.91 Å². The van der Waals surface area contributed by atoms with E-state index in [9.17, 15) is 14.0 Å². The minimum atomic E-state index is -0.786. The molecule has 5 heteroatoms. The van der Waals surface area contributed by atoms with Gasteiger partial charge in [-0.2, -0.15) is 0 Å². The van der Waals surface area contributed by atoms with Crippen LogP contribution in [0.2, 0.25) is 0 Å².